The Labute approximate surface area is 88.2 Å². The SMILES string of the molecule is CSCC(C)CNCC(=O)NC(N)=O. The fourth-order valence-corrected chi connectivity index (χ4v) is 1.64. The lowest BCUT2D eigenvalue weighted by molar-refractivity contribution is -0.119. The van der Waals surface area contributed by atoms with Crippen LogP contribution >= 0.6 is 11.8 Å². The van der Waals surface area contributed by atoms with Gasteiger partial charge in [0.25, 0.3) is 0 Å². The standard InChI is InChI=1S/C8H17N3O2S/c1-6(5-14-2)3-10-4-7(12)11-8(9)13/h6,10H,3-5H2,1-2H3,(H3,9,11,12,13). The number of imide groups is 1. The molecular formula is C8H17N3O2S. The Balaban J connectivity index is 3.44. The van der Waals surface area contributed by atoms with E-state index in [1.807, 2.05) is 11.6 Å². The second-order valence-corrected chi connectivity index (χ2v) is 4.01. The Morgan fingerprint density at radius 1 is 1.50 bits per heavy atom. The molecular weight excluding hydrogens is 202 g/mol. The molecule has 0 aromatic heterocycles. The van der Waals surface area contributed by atoms with Crippen LogP contribution in [-0.4, -0.2) is 37.0 Å². The average Bonchev–Trinajstić information content (AvgIpc) is 2.02. The zero-order chi connectivity index (χ0) is 11.0. The molecule has 0 saturated heterocycles. The number of nitrogens with one attached hydrogen (secondary N) is 2. The molecule has 1 unspecified atom stereocenters. The molecule has 1 atom stereocenters. The summed E-state index contributed by atoms with van der Waals surface area (Å²) in [6, 6.07) is -0.811. The molecule has 5 nitrogen and oxygen atoms in total. The van der Waals surface area contributed by atoms with E-state index in [0.29, 0.717) is 5.92 Å². The fourth-order valence-electron chi connectivity index (χ4n) is 0.957. The minimum Gasteiger partial charge on any atom is -0.351 e. The molecule has 0 aromatic rings. The Morgan fingerprint density at radius 3 is 2.64 bits per heavy atom. The summed E-state index contributed by atoms with van der Waals surface area (Å²) >= 11 is 1.76. The summed E-state index contributed by atoms with van der Waals surface area (Å²) in [6.45, 7) is 2.98. The van der Waals surface area contributed by atoms with E-state index in [1.54, 1.807) is 11.8 Å². The van der Waals surface area contributed by atoms with Crippen LogP contribution in [0.4, 0.5) is 4.79 Å². The number of hydrogen-bond donors (Lipinski definition) is 3. The second-order valence-electron chi connectivity index (χ2n) is 3.10. The van der Waals surface area contributed by atoms with Gasteiger partial charge >= 0.3 is 6.03 Å². The topological polar surface area (TPSA) is 84.2 Å². The van der Waals surface area contributed by atoms with Gasteiger partial charge in [0.2, 0.25) is 5.91 Å². The number of carbonyl (C=O) groups excluding carboxylic acids is 2. The highest BCUT2D eigenvalue weighted by molar-refractivity contribution is 7.98. The Morgan fingerprint density at radius 2 is 2.14 bits per heavy atom. The van der Waals surface area contributed by atoms with Crippen molar-refractivity contribution in [1.82, 2.24) is 10.6 Å². The minimum absolute atomic E-state index is 0.127. The normalized spacial score (nSPS) is 12.1. The van der Waals surface area contributed by atoms with Gasteiger partial charge in [-0.15, -0.1) is 0 Å². The summed E-state index contributed by atoms with van der Waals surface area (Å²) in [5, 5.41) is 4.92. The first-order chi connectivity index (χ1) is 6.56. The van der Waals surface area contributed by atoms with Gasteiger partial charge in [-0.1, -0.05) is 6.92 Å². The largest absolute Gasteiger partial charge is 0.351 e. The maximum absolute atomic E-state index is 10.9. The molecule has 0 spiro atoms. The van der Waals surface area contributed by atoms with Crippen molar-refractivity contribution in [2.75, 3.05) is 25.1 Å². The van der Waals surface area contributed by atoms with Crippen molar-refractivity contribution >= 4 is 23.7 Å². The van der Waals surface area contributed by atoms with Crippen molar-refractivity contribution in [1.29, 1.82) is 0 Å². The molecule has 0 aliphatic rings. The summed E-state index contributed by atoms with van der Waals surface area (Å²) in [7, 11) is 0. The van der Waals surface area contributed by atoms with Crippen LogP contribution < -0.4 is 16.4 Å². The highest BCUT2D eigenvalue weighted by atomic mass is 32.2. The van der Waals surface area contributed by atoms with E-state index in [9.17, 15) is 9.59 Å². The number of primary amides is 1. The minimum atomic E-state index is -0.811. The average molecular weight is 219 g/mol. The third kappa shape index (κ3) is 7.88. The van der Waals surface area contributed by atoms with Crippen molar-refractivity contribution in [3.05, 3.63) is 0 Å². The number of urea groups is 1. The molecule has 4 N–H and O–H groups in total. The van der Waals surface area contributed by atoms with E-state index in [2.05, 4.69) is 12.2 Å². The molecule has 82 valence electrons. The zero-order valence-corrected chi connectivity index (χ0v) is 9.32. The number of amides is 3. The van der Waals surface area contributed by atoms with Crippen molar-refractivity contribution in [3.8, 4) is 0 Å². The van der Waals surface area contributed by atoms with E-state index in [4.69, 9.17) is 5.73 Å². The number of hydrogen-bond acceptors (Lipinski definition) is 4. The van der Waals surface area contributed by atoms with Gasteiger partial charge in [0.15, 0.2) is 0 Å². The highest BCUT2D eigenvalue weighted by Gasteiger charge is 2.04. The van der Waals surface area contributed by atoms with Crippen LogP contribution in [-0.2, 0) is 4.79 Å². The molecule has 14 heavy (non-hydrogen) atoms. The maximum Gasteiger partial charge on any atom is 0.318 e. The third-order valence-corrected chi connectivity index (χ3v) is 2.39. The van der Waals surface area contributed by atoms with Crippen LogP contribution in [0.25, 0.3) is 0 Å². The van der Waals surface area contributed by atoms with Crippen molar-refractivity contribution in [2.24, 2.45) is 11.7 Å². The van der Waals surface area contributed by atoms with E-state index in [1.165, 1.54) is 0 Å². The number of carbonyl (C=O) groups is 2. The first kappa shape index (κ1) is 13.2. The lowest BCUT2D eigenvalue weighted by Gasteiger charge is -2.10. The van der Waals surface area contributed by atoms with Gasteiger partial charge in [-0.3, -0.25) is 10.1 Å². The van der Waals surface area contributed by atoms with Crippen molar-refractivity contribution in [3.63, 3.8) is 0 Å². The first-order valence-corrected chi connectivity index (χ1v) is 5.74. The predicted molar refractivity (Wildman–Crippen MR) is 58.1 cm³/mol. The number of nitrogens with two attached hydrogens (primary N) is 1. The van der Waals surface area contributed by atoms with E-state index in [-0.39, 0.29) is 6.54 Å². The Hall–Kier alpha value is -0.750. The molecule has 0 aliphatic heterocycles. The van der Waals surface area contributed by atoms with Crippen LogP contribution in [0.5, 0.6) is 0 Å². The lowest BCUT2D eigenvalue weighted by Crippen LogP contribution is -2.41. The zero-order valence-electron chi connectivity index (χ0n) is 8.50. The van der Waals surface area contributed by atoms with Crippen LogP contribution in [0.1, 0.15) is 6.92 Å². The number of rotatable bonds is 6. The highest BCUT2D eigenvalue weighted by Crippen LogP contribution is 2.01. The molecule has 0 heterocycles. The molecule has 0 aromatic carbocycles. The molecule has 3 amide bonds. The van der Waals surface area contributed by atoms with Crippen molar-refractivity contribution < 1.29 is 9.59 Å². The van der Waals surface area contributed by atoms with Gasteiger partial charge < -0.3 is 11.1 Å². The monoisotopic (exact) mass is 219 g/mol. The van der Waals surface area contributed by atoms with Gasteiger partial charge in [0.1, 0.15) is 0 Å². The van der Waals surface area contributed by atoms with E-state index in [0.717, 1.165) is 12.3 Å². The van der Waals surface area contributed by atoms with Crippen LogP contribution in [0, 0.1) is 5.92 Å². The molecule has 0 fully saturated rings. The second kappa shape index (κ2) is 7.64. The maximum atomic E-state index is 10.9. The Kier molecular flexibility index (Phi) is 7.23. The fraction of sp³-hybridized carbons (Fsp3) is 0.750. The molecule has 0 aliphatic carbocycles. The predicted octanol–water partition coefficient (Wildman–Crippen LogP) is -0.230. The quantitative estimate of drug-likeness (QED) is 0.576. The summed E-state index contributed by atoms with van der Waals surface area (Å²) < 4.78 is 0. The summed E-state index contributed by atoms with van der Waals surface area (Å²) in [6.07, 6.45) is 2.04. The summed E-state index contributed by atoms with van der Waals surface area (Å²) in [5.41, 5.74) is 4.77. The van der Waals surface area contributed by atoms with Crippen LogP contribution in [0.2, 0.25) is 0 Å². The molecule has 6 heteroatoms. The van der Waals surface area contributed by atoms with Crippen molar-refractivity contribution in [2.45, 2.75) is 6.92 Å². The van der Waals surface area contributed by atoms with Gasteiger partial charge in [-0.05, 0) is 24.5 Å². The molecule has 0 saturated carbocycles. The smallest absolute Gasteiger partial charge is 0.318 e. The third-order valence-electron chi connectivity index (χ3n) is 1.49. The van der Waals surface area contributed by atoms with Crippen LogP contribution in [0.3, 0.4) is 0 Å². The van der Waals surface area contributed by atoms with Gasteiger partial charge in [0, 0.05) is 0 Å². The molecule has 0 rings (SSSR count). The van der Waals surface area contributed by atoms with Gasteiger partial charge in [-0.2, -0.15) is 11.8 Å². The number of thioether (sulfide) groups is 1. The van der Waals surface area contributed by atoms with Gasteiger partial charge in [0.05, 0.1) is 6.54 Å². The summed E-state index contributed by atoms with van der Waals surface area (Å²) in [5.74, 6) is 1.16. The molecule has 0 radical (unpaired) electrons. The Bertz CT molecular complexity index is 199. The molecule has 0 bridgehead atoms. The van der Waals surface area contributed by atoms with Crippen LogP contribution in [0.15, 0.2) is 0 Å². The van der Waals surface area contributed by atoms with Gasteiger partial charge in [-0.25, -0.2) is 4.79 Å². The lowest BCUT2D eigenvalue weighted by atomic mass is 10.2. The van der Waals surface area contributed by atoms with E-state index >= 15 is 0 Å². The first-order valence-electron chi connectivity index (χ1n) is 4.35. The van der Waals surface area contributed by atoms with E-state index < -0.39 is 11.9 Å². The summed E-state index contributed by atoms with van der Waals surface area (Å²) in [4.78, 5) is 21.2.